The van der Waals surface area contributed by atoms with E-state index in [4.69, 9.17) is 5.26 Å². The van der Waals surface area contributed by atoms with E-state index in [1.807, 2.05) is 6.07 Å². The molecule has 0 bridgehead atoms. The SMILES string of the molecule is N#Cc1cc2c(cc1F)nc(N1CCN3CCCC3C1)c1ncnn12. The van der Waals surface area contributed by atoms with Crippen LogP contribution in [-0.4, -0.2) is 56.7 Å². The third-order valence-corrected chi connectivity index (χ3v) is 5.27. The molecule has 25 heavy (non-hydrogen) atoms. The lowest BCUT2D eigenvalue weighted by Crippen LogP contribution is -2.50. The molecule has 2 fully saturated rings. The van der Waals surface area contributed by atoms with Crippen molar-refractivity contribution < 1.29 is 4.39 Å². The monoisotopic (exact) mass is 337 g/mol. The van der Waals surface area contributed by atoms with Crippen LogP contribution in [0.15, 0.2) is 18.5 Å². The van der Waals surface area contributed by atoms with Gasteiger partial charge < -0.3 is 4.90 Å². The predicted molar refractivity (Wildman–Crippen MR) is 89.8 cm³/mol. The molecule has 0 radical (unpaired) electrons. The van der Waals surface area contributed by atoms with Crippen LogP contribution < -0.4 is 4.90 Å². The van der Waals surface area contributed by atoms with Gasteiger partial charge in [-0.25, -0.2) is 18.9 Å². The average Bonchev–Trinajstić information content (AvgIpc) is 3.29. The van der Waals surface area contributed by atoms with Gasteiger partial charge in [0.2, 0.25) is 0 Å². The van der Waals surface area contributed by atoms with Gasteiger partial charge in [-0.3, -0.25) is 4.90 Å². The molecule has 2 aromatic heterocycles. The Hall–Kier alpha value is -2.79. The van der Waals surface area contributed by atoms with Crippen LogP contribution >= 0.6 is 0 Å². The Bertz CT molecular complexity index is 1020. The van der Waals surface area contributed by atoms with E-state index in [2.05, 4.69) is 24.9 Å². The molecule has 0 spiro atoms. The largest absolute Gasteiger partial charge is 0.351 e. The van der Waals surface area contributed by atoms with E-state index in [9.17, 15) is 4.39 Å². The topological polar surface area (TPSA) is 73.3 Å². The summed E-state index contributed by atoms with van der Waals surface area (Å²) in [5, 5.41) is 13.3. The first-order valence-corrected chi connectivity index (χ1v) is 8.46. The second-order valence-electron chi connectivity index (χ2n) is 6.64. The molecule has 0 aliphatic carbocycles. The molecule has 2 aliphatic heterocycles. The molecule has 1 atom stereocenters. The molecule has 2 saturated heterocycles. The number of hydrogen-bond donors (Lipinski definition) is 0. The Balaban J connectivity index is 1.67. The van der Waals surface area contributed by atoms with Gasteiger partial charge >= 0.3 is 0 Å². The van der Waals surface area contributed by atoms with Crippen molar-refractivity contribution in [2.45, 2.75) is 18.9 Å². The van der Waals surface area contributed by atoms with Crippen LogP contribution in [-0.2, 0) is 0 Å². The fraction of sp³-hybridized carbons (Fsp3) is 0.412. The summed E-state index contributed by atoms with van der Waals surface area (Å²) in [6.07, 6.45) is 3.92. The zero-order valence-corrected chi connectivity index (χ0v) is 13.6. The number of rotatable bonds is 1. The summed E-state index contributed by atoms with van der Waals surface area (Å²) in [6.45, 7) is 3.95. The highest BCUT2D eigenvalue weighted by Crippen LogP contribution is 2.29. The maximum atomic E-state index is 14.1. The molecule has 2 aliphatic rings. The van der Waals surface area contributed by atoms with Crippen molar-refractivity contribution >= 4 is 22.5 Å². The summed E-state index contributed by atoms with van der Waals surface area (Å²) >= 11 is 0. The number of fused-ring (bicyclic) bond motifs is 4. The van der Waals surface area contributed by atoms with Crippen molar-refractivity contribution in [1.29, 1.82) is 5.26 Å². The number of anilines is 1. The second-order valence-corrected chi connectivity index (χ2v) is 6.64. The Morgan fingerprint density at radius 3 is 3.04 bits per heavy atom. The maximum absolute atomic E-state index is 14.1. The lowest BCUT2D eigenvalue weighted by atomic mass is 10.1. The predicted octanol–water partition coefficient (Wildman–Crippen LogP) is 1.57. The Morgan fingerprint density at radius 2 is 2.16 bits per heavy atom. The number of piperazine rings is 1. The third-order valence-electron chi connectivity index (χ3n) is 5.27. The van der Waals surface area contributed by atoms with Gasteiger partial charge in [-0.1, -0.05) is 0 Å². The van der Waals surface area contributed by atoms with Gasteiger partial charge in [-0.15, -0.1) is 0 Å². The van der Waals surface area contributed by atoms with Crippen LogP contribution in [0.3, 0.4) is 0 Å². The minimum atomic E-state index is -0.562. The number of nitrogens with zero attached hydrogens (tertiary/aromatic N) is 7. The minimum Gasteiger partial charge on any atom is -0.351 e. The molecule has 8 heteroatoms. The van der Waals surface area contributed by atoms with Gasteiger partial charge in [0.05, 0.1) is 16.6 Å². The van der Waals surface area contributed by atoms with Gasteiger partial charge in [0.1, 0.15) is 18.2 Å². The molecule has 3 aromatic rings. The molecular weight excluding hydrogens is 321 g/mol. The Morgan fingerprint density at radius 1 is 1.24 bits per heavy atom. The number of aromatic nitrogens is 4. The van der Waals surface area contributed by atoms with E-state index in [1.54, 1.807) is 4.52 Å². The van der Waals surface area contributed by atoms with Crippen LogP contribution in [0.4, 0.5) is 10.2 Å². The summed E-state index contributed by atoms with van der Waals surface area (Å²) in [4.78, 5) is 13.8. The lowest BCUT2D eigenvalue weighted by molar-refractivity contribution is 0.230. The van der Waals surface area contributed by atoms with E-state index in [1.165, 1.54) is 37.8 Å². The normalized spacial score (nSPS) is 21.0. The standard InChI is InChI=1S/C17H16FN7/c18-13-7-14-15(6-11(13)8-19)25-16(20-10-21-25)17(22-14)24-5-4-23-3-1-2-12(23)9-24/h6-7,10,12H,1-5,9H2. The molecule has 4 heterocycles. The summed E-state index contributed by atoms with van der Waals surface area (Å²) in [7, 11) is 0. The summed E-state index contributed by atoms with van der Waals surface area (Å²) < 4.78 is 15.7. The first-order valence-electron chi connectivity index (χ1n) is 8.46. The van der Waals surface area contributed by atoms with Crippen LogP contribution in [0.5, 0.6) is 0 Å². The number of halogens is 1. The molecule has 126 valence electrons. The summed E-state index contributed by atoms with van der Waals surface area (Å²) in [5.74, 6) is 0.175. The van der Waals surface area contributed by atoms with E-state index >= 15 is 0 Å². The molecule has 1 unspecified atom stereocenters. The van der Waals surface area contributed by atoms with Gasteiger partial charge in [-0.05, 0) is 25.5 Å². The van der Waals surface area contributed by atoms with Crippen molar-refractivity contribution in [3.63, 3.8) is 0 Å². The summed E-state index contributed by atoms with van der Waals surface area (Å²) in [5.41, 5.74) is 1.71. The second kappa shape index (κ2) is 5.36. The van der Waals surface area contributed by atoms with Crippen LogP contribution in [0, 0.1) is 17.1 Å². The first kappa shape index (κ1) is 14.5. The van der Waals surface area contributed by atoms with Crippen LogP contribution in [0.2, 0.25) is 0 Å². The molecule has 0 saturated carbocycles. The minimum absolute atomic E-state index is 0.0154. The van der Waals surface area contributed by atoms with Crippen molar-refractivity contribution in [3.8, 4) is 6.07 Å². The average molecular weight is 337 g/mol. The molecular formula is C17H16FN7. The van der Waals surface area contributed by atoms with E-state index in [0.29, 0.717) is 22.7 Å². The highest BCUT2D eigenvalue weighted by Gasteiger charge is 2.32. The summed E-state index contributed by atoms with van der Waals surface area (Å²) in [6, 6.07) is 5.21. The van der Waals surface area contributed by atoms with Crippen molar-refractivity contribution in [2.24, 2.45) is 0 Å². The molecule has 7 nitrogen and oxygen atoms in total. The Kier molecular flexibility index (Phi) is 3.12. The van der Waals surface area contributed by atoms with Gasteiger partial charge in [0.25, 0.3) is 0 Å². The van der Waals surface area contributed by atoms with Gasteiger partial charge in [-0.2, -0.15) is 10.4 Å². The number of benzene rings is 1. The molecule has 0 amide bonds. The molecule has 5 rings (SSSR count). The van der Waals surface area contributed by atoms with E-state index in [-0.39, 0.29) is 5.56 Å². The molecule has 0 N–H and O–H groups in total. The Labute approximate surface area is 143 Å². The number of nitriles is 1. The first-order chi connectivity index (χ1) is 12.2. The fourth-order valence-corrected chi connectivity index (χ4v) is 4.03. The van der Waals surface area contributed by atoms with Crippen molar-refractivity contribution in [2.75, 3.05) is 31.1 Å². The van der Waals surface area contributed by atoms with E-state index in [0.717, 1.165) is 25.5 Å². The van der Waals surface area contributed by atoms with Gasteiger partial charge in [0.15, 0.2) is 11.5 Å². The van der Waals surface area contributed by atoms with Crippen LogP contribution in [0.1, 0.15) is 18.4 Å². The smallest absolute Gasteiger partial charge is 0.199 e. The van der Waals surface area contributed by atoms with Crippen molar-refractivity contribution in [3.05, 3.63) is 29.8 Å². The third kappa shape index (κ3) is 2.16. The highest BCUT2D eigenvalue weighted by atomic mass is 19.1. The van der Waals surface area contributed by atoms with Crippen molar-refractivity contribution in [1.82, 2.24) is 24.5 Å². The number of hydrogen-bond acceptors (Lipinski definition) is 6. The quantitative estimate of drug-likeness (QED) is 0.671. The van der Waals surface area contributed by atoms with Crippen LogP contribution in [0.25, 0.3) is 16.7 Å². The highest BCUT2D eigenvalue weighted by molar-refractivity contribution is 5.83. The fourth-order valence-electron chi connectivity index (χ4n) is 4.03. The maximum Gasteiger partial charge on any atom is 0.199 e. The van der Waals surface area contributed by atoms with E-state index < -0.39 is 5.82 Å². The zero-order chi connectivity index (χ0) is 17.0. The van der Waals surface area contributed by atoms with Gasteiger partial charge in [0, 0.05) is 31.7 Å². The lowest BCUT2D eigenvalue weighted by Gasteiger charge is -2.38. The zero-order valence-electron chi connectivity index (χ0n) is 13.6. The molecule has 1 aromatic carbocycles.